The van der Waals surface area contributed by atoms with Crippen molar-refractivity contribution in [1.29, 1.82) is 0 Å². The van der Waals surface area contributed by atoms with Gasteiger partial charge in [0.15, 0.2) is 0 Å². The van der Waals surface area contributed by atoms with Crippen LogP contribution in [0, 0.1) is 0 Å². The zero-order valence-electron chi connectivity index (χ0n) is 9.55. The lowest BCUT2D eigenvalue weighted by Crippen LogP contribution is -2.37. The van der Waals surface area contributed by atoms with Gasteiger partial charge in [-0.3, -0.25) is 19.4 Å². The quantitative estimate of drug-likeness (QED) is 0.625. The Balaban J connectivity index is 2.26. The van der Waals surface area contributed by atoms with Gasteiger partial charge in [0.1, 0.15) is 5.69 Å². The van der Waals surface area contributed by atoms with Crippen LogP contribution in [-0.2, 0) is 9.59 Å². The average Bonchev–Trinajstić information content (AvgIpc) is 2.36. The summed E-state index contributed by atoms with van der Waals surface area (Å²) in [6, 6.07) is 4.86. The molecule has 7 nitrogen and oxygen atoms in total. The summed E-state index contributed by atoms with van der Waals surface area (Å²) in [6.45, 7) is -0.178. The van der Waals surface area contributed by atoms with Crippen molar-refractivity contribution < 1.29 is 19.5 Å². The van der Waals surface area contributed by atoms with Gasteiger partial charge in [-0.2, -0.15) is 0 Å². The first-order valence-electron chi connectivity index (χ1n) is 5.27. The van der Waals surface area contributed by atoms with E-state index in [9.17, 15) is 14.4 Å². The fourth-order valence-electron chi connectivity index (χ4n) is 1.12. The molecule has 0 atom stereocenters. The molecular formula is C11H13N3O4. The number of hydrogen-bond acceptors (Lipinski definition) is 4. The highest BCUT2D eigenvalue weighted by Gasteiger charge is 2.08. The van der Waals surface area contributed by atoms with Gasteiger partial charge in [-0.1, -0.05) is 6.07 Å². The van der Waals surface area contributed by atoms with E-state index in [0.717, 1.165) is 0 Å². The number of amides is 2. The van der Waals surface area contributed by atoms with Gasteiger partial charge < -0.3 is 15.7 Å². The normalized spacial score (nSPS) is 9.56. The Morgan fingerprint density at radius 2 is 2.00 bits per heavy atom. The van der Waals surface area contributed by atoms with Crippen molar-refractivity contribution in [2.24, 2.45) is 0 Å². The number of hydrogen-bond donors (Lipinski definition) is 3. The minimum atomic E-state index is -0.993. The number of nitrogens with zero attached hydrogens (tertiary/aromatic N) is 1. The van der Waals surface area contributed by atoms with E-state index in [1.54, 1.807) is 12.1 Å². The summed E-state index contributed by atoms with van der Waals surface area (Å²) >= 11 is 0. The fourth-order valence-corrected chi connectivity index (χ4v) is 1.12. The van der Waals surface area contributed by atoms with E-state index in [1.807, 2.05) is 0 Å². The molecule has 0 fully saturated rings. The molecule has 0 aliphatic rings. The van der Waals surface area contributed by atoms with Gasteiger partial charge in [-0.25, -0.2) is 0 Å². The molecule has 0 aromatic carbocycles. The third-order valence-corrected chi connectivity index (χ3v) is 1.97. The highest BCUT2D eigenvalue weighted by Crippen LogP contribution is 1.91. The van der Waals surface area contributed by atoms with Crippen molar-refractivity contribution in [1.82, 2.24) is 15.6 Å². The van der Waals surface area contributed by atoms with Crippen molar-refractivity contribution in [3.05, 3.63) is 30.1 Å². The predicted molar refractivity (Wildman–Crippen MR) is 61.8 cm³/mol. The molecule has 1 heterocycles. The molecule has 96 valence electrons. The molecule has 0 unspecified atom stereocenters. The number of carboxylic acids is 1. The number of pyridine rings is 1. The first kappa shape index (κ1) is 13.6. The monoisotopic (exact) mass is 251 g/mol. The van der Waals surface area contributed by atoms with Crippen LogP contribution in [0.25, 0.3) is 0 Å². The molecule has 0 aliphatic carbocycles. The minimum absolute atomic E-state index is 0.0353. The first-order chi connectivity index (χ1) is 8.59. The summed E-state index contributed by atoms with van der Waals surface area (Å²) in [7, 11) is 0. The zero-order chi connectivity index (χ0) is 13.4. The Kier molecular flexibility index (Phi) is 5.30. The number of carbonyl (C=O) groups is 3. The minimum Gasteiger partial charge on any atom is -0.481 e. The maximum Gasteiger partial charge on any atom is 0.305 e. The molecule has 0 spiro atoms. The molecule has 0 radical (unpaired) electrons. The van der Waals surface area contributed by atoms with Crippen LogP contribution >= 0.6 is 0 Å². The van der Waals surface area contributed by atoms with Crippen LogP contribution in [0.1, 0.15) is 16.9 Å². The van der Waals surface area contributed by atoms with Gasteiger partial charge in [0, 0.05) is 12.7 Å². The molecular weight excluding hydrogens is 238 g/mol. The maximum atomic E-state index is 11.5. The van der Waals surface area contributed by atoms with Crippen LogP contribution in [0.2, 0.25) is 0 Å². The Morgan fingerprint density at radius 1 is 1.22 bits per heavy atom. The second-order valence-electron chi connectivity index (χ2n) is 3.39. The van der Waals surface area contributed by atoms with Crippen LogP contribution in [0.3, 0.4) is 0 Å². The largest absolute Gasteiger partial charge is 0.481 e. The molecule has 1 rings (SSSR count). The van der Waals surface area contributed by atoms with E-state index in [0.29, 0.717) is 0 Å². The Hall–Kier alpha value is -2.44. The summed E-state index contributed by atoms with van der Waals surface area (Å²) in [5.74, 6) is -1.89. The van der Waals surface area contributed by atoms with Crippen molar-refractivity contribution in [3.8, 4) is 0 Å². The lowest BCUT2D eigenvalue weighted by molar-refractivity contribution is -0.136. The summed E-state index contributed by atoms with van der Waals surface area (Å²) in [5, 5.41) is 13.1. The molecule has 2 amide bonds. The van der Waals surface area contributed by atoms with Crippen molar-refractivity contribution in [2.75, 3.05) is 13.1 Å². The lowest BCUT2D eigenvalue weighted by Gasteiger charge is -2.05. The highest BCUT2D eigenvalue weighted by atomic mass is 16.4. The molecule has 0 aliphatic heterocycles. The van der Waals surface area contributed by atoms with Crippen molar-refractivity contribution in [3.63, 3.8) is 0 Å². The van der Waals surface area contributed by atoms with E-state index >= 15 is 0 Å². The summed E-state index contributed by atoms with van der Waals surface area (Å²) in [5.41, 5.74) is 0.218. The van der Waals surface area contributed by atoms with Crippen molar-refractivity contribution in [2.45, 2.75) is 6.42 Å². The number of nitrogens with one attached hydrogen (secondary N) is 2. The third kappa shape index (κ3) is 5.06. The van der Waals surface area contributed by atoms with E-state index in [-0.39, 0.29) is 25.2 Å². The van der Waals surface area contributed by atoms with Crippen LogP contribution in [0.4, 0.5) is 0 Å². The molecule has 0 bridgehead atoms. The van der Waals surface area contributed by atoms with Gasteiger partial charge in [0.05, 0.1) is 13.0 Å². The number of aliphatic carboxylic acids is 1. The molecule has 3 N–H and O–H groups in total. The van der Waals surface area contributed by atoms with Gasteiger partial charge in [0.2, 0.25) is 5.91 Å². The molecule has 18 heavy (non-hydrogen) atoms. The Bertz CT molecular complexity index is 433. The van der Waals surface area contributed by atoms with Crippen LogP contribution < -0.4 is 10.6 Å². The fraction of sp³-hybridized carbons (Fsp3) is 0.273. The topological polar surface area (TPSA) is 108 Å². The highest BCUT2D eigenvalue weighted by molar-refractivity contribution is 5.94. The number of rotatable bonds is 6. The van der Waals surface area contributed by atoms with Crippen LogP contribution in [0.5, 0.6) is 0 Å². The zero-order valence-corrected chi connectivity index (χ0v) is 9.55. The smallest absolute Gasteiger partial charge is 0.305 e. The van der Waals surface area contributed by atoms with Crippen LogP contribution in [-0.4, -0.2) is 41.0 Å². The number of aromatic nitrogens is 1. The van der Waals surface area contributed by atoms with E-state index in [2.05, 4.69) is 15.6 Å². The lowest BCUT2D eigenvalue weighted by atomic mass is 10.3. The van der Waals surface area contributed by atoms with Crippen molar-refractivity contribution >= 4 is 17.8 Å². The Labute approximate surface area is 103 Å². The first-order valence-corrected chi connectivity index (χ1v) is 5.27. The van der Waals surface area contributed by atoms with E-state index < -0.39 is 17.8 Å². The molecule has 0 saturated heterocycles. The molecule has 1 aromatic rings. The second-order valence-corrected chi connectivity index (χ2v) is 3.39. The van der Waals surface area contributed by atoms with E-state index in [4.69, 9.17) is 5.11 Å². The predicted octanol–water partition coefficient (Wildman–Crippen LogP) is -0.598. The summed E-state index contributed by atoms with van der Waals surface area (Å²) in [6.07, 6.45) is 1.32. The third-order valence-electron chi connectivity index (χ3n) is 1.97. The van der Waals surface area contributed by atoms with Gasteiger partial charge in [-0.15, -0.1) is 0 Å². The van der Waals surface area contributed by atoms with Gasteiger partial charge >= 0.3 is 5.97 Å². The SMILES string of the molecule is O=C(O)CCNC(=O)CNC(=O)c1ccccn1. The Morgan fingerprint density at radius 3 is 2.61 bits per heavy atom. The number of carboxylic acid groups (broad SMARTS) is 1. The van der Waals surface area contributed by atoms with Gasteiger partial charge in [-0.05, 0) is 12.1 Å². The van der Waals surface area contributed by atoms with E-state index in [1.165, 1.54) is 12.3 Å². The summed E-state index contributed by atoms with van der Waals surface area (Å²) < 4.78 is 0. The molecule has 0 saturated carbocycles. The summed E-state index contributed by atoms with van der Waals surface area (Å²) in [4.78, 5) is 36.7. The van der Waals surface area contributed by atoms with Gasteiger partial charge in [0.25, 0.3) is 5.91 Å². The van der Waals surface area contributed by atoms with Crippen LogP contribution in [0.15, 0.2) is 24.4 Å². The molecule has 1 aromatic heterocycles. The standard InChI is InChI=1S/C11H13N3O4/c15-9(13-6-4-10(16)17)7-14-11(18)8-3-1-2-5-12-8/h1-3,5H,4,6-7H2,(H,13,15)(H,14,18)(H,16,17). The second kappa shape index (κ2) is 7.00. The molecule has 7 heteroatoms. The number of carbonyl (C=O) groups excluding carboxylic acids is 2. The average molecular weight is 251 g/mol. The maximum absolute atomic E-state index is 11.5.